The van der Waals surface area contributed by atoms with Crippen molar-refractivity contribution in [2.75, 3.05) is 6.54 Å². The summed E-state index contributed by atoms with van der Waals surface area (Å²) in [5.74, 6) is 0. The van der Waals surface area contributed by atoms with Crippen LogP contribution in [0.5, 0.6) is 0 Å². The van der Waals surface area contributed by atoms with Gasteiger partial charge in [-0.05, 0) is 68.0 Å². The molecule has 3 aromatic rings. The summed E-state index contributed by atoms with van der Waals surface area (Å²) < 4.78 is 2.26. The van der Waals surface area contributed by atoms with Crippen LogP contribution in [-0.4, -0.2) is 26.1 Å². The normalized spacial score (nSPS) is 19.6. The Balaban J connectivity index is 1.82. The molecule has 0 amide bonds. The average Bonchev–Trinajstić information content (AvgIpc) is 3.26. The SMILES string of the molecule is CCN1C(=S)N[C@H](c2ccccn2)[C@H]1c1cccn1-c1cccc(C)c1. The molecule has 1 fully saturated rings. The summed E-state index contributed by atoms with van der Waals surface area (Å²) in [5, 5.41) is 4.26. The molecule has 1 saturated heterocycles. The Kier molecular flexibility index (Phi) is 4.47. The van der Waals surface area contributed by atoms with Gasteiger partial charge < -0.3 is 14.8 Å². The Morgan fingerprint density at radius 1 is 1.12 bits per heavy atom. The van der Waals surface area contributed by atoms with Gasteiger partial charge >= 0.3 is 0 Å². The molecule has 0 bridgehead atoms. The Morgan fingerprint density at radius 3 is 2.73 bits per heavy atom. The zero-order valence-electron chi connectivity index (χ0n) is 15.0. The number of thiocarbonyl (C=S) groups is 1. The Hall–Kier alpha value is -2.66. The molecule has 132 valence electrons. The summed E-state index contributed by atoms with van der Waals surface area (Å²) >= 11 is 5.63. The summed E-state index contributed by atoms with van der Waals surface area (Å²) in [5.41, 5.74) is 4.63. The Morgan fingerprint density at radius 2 is 2.00 bits per heavy atom. The van der Waals surface area contributed by atoms with Crippen molar-refractivity contribution in [3.63, 3.8) is 0 Å². The van der Waals surface area contributed by atoms with Gasteiger partial charge in [-0.3, -0.25) is 4.98 Å². The van der Waals surface area contributed by atoms with E-state index in [-0.39, 0.29) is 12.1 Å². The molecule has 1 N–H and O–H groups in total. The molecular weight excluding hydrogens is 340 g/mol. The zero-order valence-corrected chi connectivity index (χ0v) is 15.8. The molecule has 1 aromatic carbocycles. The standard InChI is InChI=1S/C21H22N4S/c1-3-24-20(19(23-21(24)26)17-10-4-5-12-22-17)18-11-7-13-25(18)16-9-6-8-15(2)14-16/h4-14,19-20H,3H2,1-2H3,(H,23,26)/t19-,20-/m1/s1. The molecule has 4 rings (SSSR count). The molecule has 0 saturated carbocycles. The molecule has 26 heavy (non-hydrogen) atoms. The zero-order chi connectivity index (χ0) is 18.1. The van der Waals surface area contributed by atoms with Gasteiger partial charge in [0.25, 0.3) is 0 Å². The average molecular weight is 363 g/mol. The van der Waals surface area contributed by atoms with E-state index in [0.29, 0.717) is 0 Å². The molecule has 5 heteroatoms. The number of aryl methyl sites for hydroxylation is 1. The van der Waals surface area contributed by atoms with Crippen molar-refractivity contribution in [3.05, 3.63) is 83.9 Å². The predicted octanol–water partition coefficient (Wildman–Crippen LogP) is 4.17. The van der Waals surface area contributed by atoms with E-state index in [4.69, 9.17) is 12.2 Å². The quantitative estimate of drug-likeness (QED) is 0.706. The lowest BCUT2D eigenvalue weighted by Gasteiger charge is -2.28. The van der Waals surface area contributed by atoms with Gasteiger partial charge in [-0.25, -0.2) is 0 Å². The molecular formula is C21H22N4S. The van der Waals surface area contributed by atoms with Gasteiger partial charge in [-0.2, -0.15) is 0 Å². The first-order chi connectivity index (χ1) is 12.7. The van der Waals surface area contributed by atoms with E-state index in [2.05, 4.69) is 82.3 Å². The fourth-order valence-corrected chi connectivity index (χ4v) is 4.09. The maximum absolute atomic E-state index is 5.63. The Bertz CT molecular complexity index is 919. The lowest BCUT2D eigenvalue weighted by Crippen LogP contribution is -2.30. The third kappa shape index (κ3) is 2.88. The summed E-state index contributed by atoms with van der Waals surface area (Å²) in [6.07, 6.45) is 3.96. The first-order valence-corrected chi connectivity index (χ1v) is 9.32. The van der Waals surface area contributed by atoms with Gasteiger partial charge in [0.15, 0.2) is 5.11 Å². The van der Waals surface area contributed by atoms with Crippen molar-refractivity contribution in [1.82, 2.24) is 19.8 Å². The molecule has 1 aliphatic heterocycles. The minimum absolute atomic E-state index is 0.0297. The summed E-state index contributed by atoms with van der Waals surface area (Å²) in [4.78, 5) is 6.83. The van der Waals surface area contributed by atoms with Crippen LogP contribution < -0.4 is 5.32 Å². The van der Waals surface area contributed by atoms with Gasteiger partial charge in [0.1, 0.15) is 0 Å². The van der Waals surface area contributed by atoms with Crippen LogP contribution in [0.1, 0.15) is 36.0 Å². The molecule has 2 aromatic heterocycles. The second kappa shape index (κ2) is 6.92. The highest BCUT2D eigenvalue weighted by atomic mass is 32.1. The summed E-state index contributed by atoms with van der Waals surface area (Å²) in [6, 6.07) is 19.0. The number of rotatable bonds is 4. The summed E-state index contributed by atoms with van der Waals surface area (Å²) in [7, 11) is 0. The van der Waals surface area contributed by atoms with Crippen LogP contribution >= 0.6 is 12.2 Å². The molecule has 0 unspecified atom stereocenters. The lowest BCUT2D eigenvalue weighted by atomic mass is 10.0. The first-order valence-electron chi connectivity index (χ1n) is 8.91. The van der Waals surface area contributed by atoms with E-state index < -0.39 is 0 Å². The van der Waals surface area contributed by atoms with Crippen molar-refractivity contribution in [2.45, 2.75) is 25.9 Å². The highest BCUT2D eigenvalue weighted by Crippen LogP contribution is 2.39. The number of hydrogen-bond donors (Lipinski definition) is 1. The van der Waals surface area contributed by atoms with Crippen LogP contribution in [0.4, 0.5) is 0 Å². The largest absolute Gasteiger partial charge is 0.352 e. The van der Waals surface area contributed by atoms with Gasteiger partial charge in [0.05, 0.1) is 17.8 Å². The van der Waals surface area contributed by atoms with E-state index in [9.17, 15) is 0 Å². The fraction of sp³-hybridized carbons (Fsp3) is 0.238. The van der Waals surface area contributed by atoms with Crippen molar-refractivity contribution in [1.29, 1.82) is 0 Å². The second-order valence-corrected chi connectivity index (χ2v) is 6.94. The number of aromatic nitrogens is 2. The van der Waals surface area contributed by atoms with Crippen molar-refractivity contribution in [2.24, 2.45) is 0 Å². The maximum Gasteiger partial charge on any atom is 0.170 e. The maximum atomic E-state index is 5.63. The number of nitrogens with zero attached hydrogens (tertiary/aromatic N) is 3. The van der Waals surface area contributed by atoms with E-state index >= 15 is 0 Å². The predicted molar refractivity (Wildman–Crippen MR) is 108 cm³/mol. The lowest BCUT2D eigenvalue weighted by molar-refractivity contribution is 0.321. The Labute approximate surface area is 159 Å². The summed E-state index contributed by atoms with van der Waals surface area (Å²) in [6.45, 7) is 5.11. The smallest absolute Gasteiger partial charge is 0.170 e. The van der Waals surface area contributed by atoms with E-state index in [1.54, 1.807) is 0 Å². The molecule has 0 radical (unpaired) electrons. The third-order valence-electron chi connectivity index (χ3n) is 4.90. The van der Waals surface area contributed by atoms with Crippen LogP contribution in [0.2, 0.25) is 0 Å². The van der Waals surface area contributed by atoms with E-state index in [0.717, 1.165) is 17.4 Å². The highest BCUT2D eigenvalue weighted by molar-refractivity contribution is 7.80. The number of benzene rings is 1. The highest BCUT2D eigenvalue weighted by Gasteiger charge is 2.40. The molecule has 2 atom stereocenters. The molecule has 0 aliphatic carbocycles. The van der Waals surface area contributed by atoms with Gasteiger partial charge in [-0.1, -0.05) is 18.2 Å². The molecule has 1 aliphatic rings. The van der Waals surface area contributed by atoms with Crippen LogP contribution in [0.15, 0.2) is 67.0 Å². The monoisotopic (exact) mass is 362 g/mol. The van der Waals surface area contributed by atoms with Gasteiger partial charge in [0, 0.05) is 30.3 Å². The minimum Gasteiger partial charge on any atom is -0.352 e. The minimum atomic E-state index is 0.0297. The second-order valence-electron chi connectivity index (χ2n) is 6.55. The fourth-order valence-electron chi connectivity index (χ4n) is 3.72. The van der Waals surface area contributed by atoms with Crippen molar-refractivity contribution >= 4 is 17.3 Å². The van der Waals surface area contributed by atoms with Gasteiger partial charge in [-0.15, -0.1) is 0 Å². The van der Waals surface area contributed by atoms with Crippen LogP contribution in [-0.2, 0) is 0 Å². The van der Waals surface area contributed by atoms with E-state index in [1.807, 2.05) is 18.3 Å². The third-order valence-corrected chi connectivity index (χ3v) is 5.25. The number of pyridine rings is 1. The van der Waals surface area contributed by atoms with Crippen molar-refractivity contribution in [3.8, 4) is 5.69 Å². The number of nitrogens with one attached hydrogen (secondary N) is 1. The molecule has 4 nitrogen and oxygen atoms in total. The topological polar surface area (TPSA) is 33.1 Å². The van der Waals surface area contributed by atoms with E-state index in [1.165, 1.54) is 16.9 Å². The van der Waals surface area contributed by atoms with Crippen LogP contribution in [0.25, 0.3) is 5.69 Å². The van der Waals surface area contributed by atoms with Crippen LogP contribution in [0, 0.1) is 6.92 Å². The van der Waals surface area contributed by atoms with Crippen molar-refractivity contribution < 1.29 is 0 Å². The molecule has 0 spiro atoms. The first kappa shape index (κ1) is 16.8. The van der Waals surface area contributed by atoms with Crippen LogP contribution in [0.3, 0.4) is 0 Å². The molecule has 3 heterocycles. The number of hydrogen-bond acceptors (Lipinski definition) is 2. The van der Waals surface area contributed by atoms with Gasteiger partial charge in [0.2, 0.25) is 0 Å². The number of likely N-dealkylation sites (N-methyl/N-ethyl adjacent to an activating group) is 1.